The zero-order valence-corrected chi connectivity index (χ0v) is 21.8. The standard InChI is InChI=1S/C38H25NO/c1-3-12-26(13-4-1)28-15-11-18-30(24-28)39(29-16-5-2-6-17-29)34-25-36-38(33-21-10-9-20-32(33)34)37-31-19-8-7-14-27(31)22-23-35(37)40-36/h1-25H. The Kier molecular flexibility index (Phi) is 5.17. The van der Waals surface area contributed by atoms with Gasteiger partial charge in [0.15, 0.2) is 0 Å². The first-order chi connectivity index (χ1) is 19.8. The SMILES string of the molecule is c1ccc(-c2cccc(N(c3ccccc3)c3cc4oc5ccc6ccccc6c5c4c4ccccc34)c2)cc1. The summed E-state index contributed by atoms with van der Waals surface area (Å²) in [7, 11) is 0. The van der Waals surface area contributed by atoms with Crippen LogP contribution in [0.15, 0.2) is 156 Å². The van der Waals surface area contributed by atoms with Gasteiger partial charge in [0.1, 0.15) is 11.2 Å². The van der Waals surface area contributed by atoms with Gasteiger partial charge >= 0.3 is 0 Å². The largest absolute Gasteiger partial charge is 0.456 e. The zero-order valence-electron chi connectivity index (χ0n) is 21.8. The molecule has 1 heterocycles. The smallest absolute Gasteiger partial charge is 0.138 e. The van der Waals surface area contributed by atoms with Gasteiger partial charge in [0.05, 0.1) is 5.69 Å². The number of anilines is 3. The summed E-state index contributed by atoms with van der Waals surface area (Å²) in [5.41, 5.74) is 7.45. The molecule has 0 saturated carbocycles. The van der Waals surface area contributed by atoms with Gasteiger partial charge in [-0.3, -0.25) is 0 Å². The highest BCUT2D eigenvalue weighted by molar-refractivity contribution is 6.28. The van der Waals surface area contributed by atoms with Gasteiger partial charge in [-0.1, -0.05) is 115 Å². The van der Waals surface area contributed by atoms with Crippen LogP contribution in [0.5, 0.6) is 0 Å². The summed E-state index contributed by atoms with van der Waals surface area (Å²) in [5.74, 6) is 0. The van der Waals surface area contributed by atoms with Crippen molar-refractivity contribution < 1.29 is 4.42 Å². The van der Waals surface area contributed by atoms with Crippen molar-refractivity contribution in [3.05, 3.63) is 152 Å². The van der Waals surface area contributed by atoms with E-state index in [1.165, 1.54) is 38.1 Å². The topological polar surface area (TPSA) is 16.4 Å². The molecule has 7 aromatic carbocycles. The van der Waals surface area contributed by atoms with Crippen molar-refractivity contribution in [2.75, 3.05) is 4.90 Å². The number of fused-ring (bicyclic) bond motifs is 7. The minimum Gasteiger partial charge on any atom is -0.456 e. The fourth-order valence-corrected chi connectivity index (χ4v) is 6.03. The Balaban J connectivity index is 1.45. The summed E-state index contributed by atoms with van der Waals surface area (Å²) in [6.07, 6.45) is 0. The third-order valence-corrected chi connectivity index (χ3v) is 7.81. The van der Waals surface area contributed by atoms with Gasteiger partial charge < -0.3 is 9.32 Å². The lowest BCUT2D eigenvalue weighted by molar-refractivity contribution is 0.669. The molecule has 1 aromatic heterocycles. The molecule has 0 unspecified atom stereocenters. The Morgan fingerprint density at radius 1 is 0.400 bits per heavy atom. The molecule has 0 aliphatic carbocycles. The second-order valence-corrected chi connectivity index (χ2v) is 10.2. The average molecular weight is 512 g/mol. The molecule has 188 valence electrons. The first-order valence-electron chi connectivity index (χ1n) is 13.6. The van der Waals surface area contributed by atoms with Crippen LogP contribution in [0.3, 0.4) is 0 Å². The predicted molar refractivity (Wildman–Crippen MR) is 169 cm³/mol. The summed E-state index contributed by atoms with van der Waals surface area (Å²) in [5, 5.41) is 7.14. The lowest BCUT2D eigenvalue weighted by Gasteiger charge is -2.27. The molecule has 0 bridgehead atoms. The van der Waals surface area contributed by atoms with Crippen LogP contribution in [-0.2, 0) is 0 Å². The van der Waals surface area contributed by atoms with Crippen molar-refractivity contribution in [3.8, 4) is 11.1 Å². The summed E-state index contributed by atoms with van der Waals surface area (Å²) >= 11 is 0. The highest BCUT2D eigenvalue weighted by Gasteiger charge is 2.21. The van der Waals surface area contributed by atoms with E-state index >= 15 is 0 Å². The van der Waals surface area contributed by atoms with E-state index in [1.54, 1.807) is 0 Å². The van der Waals surface area contributed by atoms with Crippen LogP contribution in [0.1, 0.15) is 0 Å². The number of nitrogens with zero attached hydrogens (tertiary/aromatic N) is 1. The van der Waals surface area contributed by atoms with Crippen LogP contribution in [-0.4, -0.2) is 0 Å². The van der Waals surface area contributed by atoms with Crippen molar-refractivity contribution in [1.82, 2.24) is 0 Å². The average Bonchev–Trinajstić information content (AvgIpc) is 3.42. The van der Waals surface area contributed by atoms with E-state index in [2.05, 4.69) is 157 Å². The van der Waals surface area contributed by atoms with Crippen molar-refractivity contribution in [2.24, 2.45) is 0 Å². The highest BCUT2D eigenvalue weighted by Crippen LogP contribution is 2.46. The van der Waals surface area contributed by atoms with E-state index in [-0.39, 0.29) is 0 Å². The maximum Gasteiger partial charge on any atom is 0.138 e. The molecule has 0 N–H and O–H groups in total. The number of hydrogen-bond acceptors (Lipinski definition) is 2. The maximum atomic E-state index is 6.60. The quantitative estimate of drug-likeness (QED) is 0.234. The van der Waals surface area contributed by atoms with Crippen LogP contribution < -0.4 is 4.90 Å². The molecule has 0 aliphatic heterocycles. The van der Waals surface area contributed by atoms with Gasteiger partial charge in [0.25, 0.3) is 0 Å². The number of rotatable bonds is 4. The lowest BCUT2D eigenvalue weighted by atomic mass is 9.98. The molecule has 2 nitrogen and oxygen atoms in total. The molecule has 0 saturated heterocycles. The zero-order chi connectivity index (χ0) is 26.5. The van der Waals surface area contributed by atoms with Crippen LogP contribution >= 0.6 is 0 Å². The molecule has 0 spiro atoms. The van der Waals surface area contributed by atoms with Crippen LogP contribution in [0.25, 0.3) is 54.6 Å². The van der Waals surface area contributed by atoms with Crippen molar-refractivity contribution in [3.63, 3.8) is 0 Å². The first kappa shape index (κ1) is 22.6. The number of benzene rings is 7. The monoisotopic (exact) mass is 511 g/mol. The van der Waals surface area contributed by atoms with E-state index < -0.39 is 0 Å². The number of para-hydroxylation sites is 1. The molecule has 8 aromatic rings. The molecule has 0 radical (unpaired) electrons. The first-order valence-corrected chi connectivity index (χ1v) is 13.6. The van der Waals surface area contributed by atoms with Crippen molar-refractivity contribution in [2.45, 2.75) is 0 Å². The Hall–Kier alpha value is -5.34. The molecule has 0 aliphatic rings. The molecular formula is C38H25NO. The fourth-order valence-electron chi connectivity index (χ4n) is 6.03. The van der Waals surface area contributed by atoms with E-state index in [4.69, 9.17) is 4.42 Å². The van der Waals surface area contributed by atoms with Gasteiger partial charge in [-0.25, -0.2) is 0 Å². The Morgan fingerprint density at radius 2 is 1.02 bits per heavy atom. The summed E-state index contributed by atoms with van der Waals surface area (Å²) in [6, 6.07) is 53.6. The third kappa shape index (κ3) is 3.58. The van der Waals surface area contributed by atoms with Gasteiger partial charge in [-0.15, -0.1) is 0 Å². The highest BCUT2D eigenvalue weighted by atomic mass is 16.3. The molecule has 0 amide bonds. The number of hydrogen-bond donors (Lipinski definition) is 0. The van der Waals surface area contributed by atoms with E-state index in [0.717, 1.165) is 33.6 Å². The lowest BCUT2D eigenvalue weighted by Crippen LogP contribution is -2.10. The van der Waals surface area contributed by atoms with Gasteiger partial charge in [0, 0.05) is 33.6 Å². The van der Waals surface area contributed by atoms with Crippen molar-refractivity contribution in [1.29, 1.82) is 0 Å². The minimum absolute atomic E-state index is 0.889. The minimum atomic E-state index is 0.889. The Bertz CT molecular complexity index is 2160. The van der Waals surface area contributed by atoms with E-state index in [0.29, 0.717) is 0 Å². The Labute approximate surface area is 232 Å². The molecule has 0 fully saturated rings. The fraction of sp³-hybridized carbons (Fsp3) is 0. The second kappa shape index (κ2) is 9.14. The van der Waals surface area contributed by atoms with E-state index in [9.17, 15) is 0 Å². The van der Waals surface area contributed by atoms with Crippen LogP contribution in [0.4, 0.5) is 17.1 Å². The van der Waals surface area contributed by atoms with Crippen molar-refractivity contribution >= 4 is 60.5 Å². The van der Waals surface area contributed by atoms with Crippen LogP contribution in [0.2, 0.25) is 0 Å². The molecule has 40 heavy (non-hydrogen) atoms. The van der Waals surface area contributed by atoms with Gasteiger partial charge in [-0.05, 0) is 57.6 Å². The number of furan rings is 1. The van der Waals surface area contributed by atoms with Gasteiger partial charge in [0.2, 0.25) is 0 Å². The molecular weight excluding hydrogens is 486 g/mol. The second-order valence-electron chi connectivity index (χ2n) is 10.2. The Morgan fingerprint density at radius 3 is 1.85 bits per heavy atom. The predicted octanol–water partition coefficient (Wildman–Crippen LogP) is 11.0. The summed E-state index contributed by atoms with van der Waals surface area (Å²) in [6.45, 7) is 0. The van der Waals surface area contributed by atoms with Crippen LogP contribution in [0, 0.1) is 0 Å². The molecule has 2 heteroatoms. The molecule has 8 rings (SSSR count). The van der Waals surface area contributed by atoms with E-state index in [1.807, 2.05) is 0 Å². The molecule has 0 atom stereocenters. The summed E-state index contributed by atoms with van der Waals surface area (Å²) in [4.78, 5) is 2.35. The maximum absolute atomic E-state index is 6.60. The normalized spacial score (nSPS) is 11.5. The van der Waals surface area contributed by atoms with Gasteiger partial charge in [-0.2, -0.15) is 0 Å². The third-order valence-electron chi connectivity index (χ3n) is 7.81. The summed E-state index contributed by atoms with van der Waals surface area (Å²) < 4.78 is 6.60.